The predicted molar refractivity (Wildman–Crippen MR) is 112 cm³/mol. The minimum absolute atomic E-state index is 0.111. The Balaban J connectivity index is 1.22. The molecule has 150 valence electrons. The zero-order chi connectivity index (χ0) is 19.4. The van der Waals surface area contributed by atoms with Gasteiger partial charge in [-0.15, -0.1) is 0 Å². The van der Waals surface area contributed by atoms with Gasteiger partial charge in [-0.2, -0.15) is 0 Å². The number of nitrogens with one attached hydrogen (secondary N) is 1. The number of amides is 1. The fourth-order valence-electron chi connectivity index (χ4n) is 3.37. The van der Waals surface area contributed by atoms with Crippen molar-refractivity contribution in [3.05, 3.63) is 71.8 Å². The Morgan fingerprint density at radius 2 is 1.46 bits per heavy atom. The third-order valence-corrected chi connectivity index (χ3v) is 4.98. The minimum Gasteiger partial charge on any atom is -0.377 e. The highest BCUT2D eigenvalue weighted by Gasteiger charge is 2.18. The third kappa shape index (κ3) is 7.43. The first kappa shape index (κ1) is 20.5. The van der Waals surface area contributed by atoms with Crippen molar-refractivity contribution in [2.24, 2.45) is 0 Å². The molecule has 0 aromatic heterocycles. The molecular formula is C23H31N3O2. The van der Waals surface area contributed by atoms with Crippen molar-refractivity contribution in [3.63, 3.8) is 0 Å². The Morgan fingerprint density at radius 3 is 2.14 bits per heavy atom. The molecule has 1 amide bonds. The van der Waals surface area contributed by atoms with Crippen LogP contribution in [0.2, 0.25) is 0 Å². The number of ether oxygens (including phenoxy) is 1. The molecule has 0 atom stereocenters. The molecule has 0 bridgehead atoms. The second-order valence-corrected chi connectivity index (χ2v) is 7.28. The summed E-state index contributed by atoms with van der Waals surface area (Å²) in [6.07, 6.45) is 0.837. The number of piperazine rings is 1. The van der Waals surface area contributed by atoms with Gasteiger partial charge in [0.15, 0.2) is 0 Å². The Bertz CT molecular complexity index is 686. The average molecular weight is 382 g/mol. The second kappa shape index (κ2) is 11.6. The summed E-state index contributed by atoms with van der Waals surface area (Å²) in [7, 11) is 0. The van der Waals surface area contributed by atoms with E-state index in [1.54, 1.807) is 0 Å². The summed E-state index contributed by atoms with van der Waals surface area (Å²) in [4.78, 5) is 16.8. The quantitative estimate of drug-likeness (QED) is 0.643. The summed E-state index contributed by atoms with van der Waals surface area (Å²) in [5.74, 6) is 0.111. The molecule has 1 saturated heterocycles. The van der Waals surface area contributed by atoms with Gasteiger partial charge < -0.3 is 10.1 Å². The largest absolute Gasteiger partial charge is 0.377 e. The van der Waals surface area contributed by atoms with E-state index >= 15 is 0 Å². The maximum atomic E-state index is 12.1. The molecule has 0 unspecified atom stereocenters. The van der Waals surface area contributed by atoms with E-state index in [-0.39, 0.29) is 5.91 Å². The van der Waals surface area contributed by atoms with E-state index in [9.17, 15) is 4.79 Å². The van der Waals surface area contributed by atoms with Gasteiger partial charge in [0.05, 0.1) is 13.2 Å². The summed E-state index contributed by atoms with van der Waals surface area (Å²) in [6, 6.07) is 20.7. The van der Waals surface area contributed by atoms with Crippen molar-refractivity contribution >= 4 is 5.91 Å². The van der Waals surface area contributed by atoms with Crippen LogP contribution in [0.1, 0.15) is 17.5 Å². The molecule has 1 fully saturated rings. The summed E-state index contributed by atoms with van der Waals surface area (Å²) in [5.41, 5.74) is 2.53. The standard InChI is InChI=1S/C23H31N3O2/c27-23(24-12-7-17-28-20-22-10-5-2-6-11-22)19-26-15-13-25(14-16-26)18-21-8-3-1-4-9-21/h1-6,8-11H,7,12-20H2,(H,24,27). The van der Waals surface area contributed by atoms with Crippen LogP contribution in [-0.4, -0.2) is 61.6 Å². The van der Waals surface area contributed by atoms with E-state index < -0.39 is 0 Å². The van der Waals surface area contributed by atoms with E-state index in [1.165, 1.54) is 11.1 Å². The van der Waals surface area contributed by atoms with Gasteiger partial charge in [-0.3, -0.25) is 14.6 Å². The lowest BCUT2D eigenvalue weighted by Crippen LogP contribution is -2.49. The van der Waals surface area contributed by atoms with Crippen LogP contribution in [0.25, 0.3) is 0 Å². The van der Waals surface area contributed by atoms with Crippen LogP contribution >= 0.6 is 0 Å². The summed E-state index contributed by atoms with van der Waals surface area (Å²) >= 11 is 0. The third-order valence-electron chi connectivity index (χ3n) is 4.98. The molecule has 5 heteroatoms. The van der Waals surface area contributed by atoms with Crippen LogP contribution in [0.3, 0.4) is 0 Å². The molecule has 1 N–H and O–H groups in total. The molecule has 2 aromatic carbocycles. The topological polar surface area (TPSA) is 44.8 Å². The van der Waals surface area contributed by atoms with Crippen molar-refractivity contribution in [3.8, 4) is 0 Å². The molecule has 1 aliphatic heterocycles. The first-order chi connectivity index (χ1) is 13.8. The van der Waals surface area contributed by atoms with Crippen molar-refractivity contribution < 1.29 is 9.53 Å². The van der Waals surface area contributed by atoms with E-state index in [0.717, 1.165) is 39.1 Å². The summed E-state index contributed by atoms with van der Waals surface area (Å²) in [6.45, 7) is 7.34. The molecule has 3 rings (SSSR count). The van der Waals surface area contributed by atoms with Crippen LogP contribution < -0.4 is 5.32 Å². The highest BCUT2D eigenvalue weighted by Crippen LogP contribution is 2.08. The Morgan fingerprint density at radius 1 is 0.857 bits per heavy atom. The normalized spacial score (nSPS) is 15.4. The molecule has 2 aromatic rings. The zero-order valence-corrected chi connectivity index (χ0v) is 16.6. The lowest BCUT2D eigenvalue weighted by atomic mass is 10.2. The van der Waals surface area contributed by atoms with Gasteiger partial charge in [-0.05, 0) is 17.5 Å². The number of carbonyl (C=O) groups excluding carboxylic acids is 1. The van der Waals surface area contributed by atoms with Gasteiger partial charge in [0.1, 0.15) is 0 Å². The number of rotatable bonds is 10. The Kier molecular flexibility index (Phi) is 8.50. The fraction of sp³-hybridized carbons (Fsp3) is 0.435. The van der Waals surface area contributed by atoms with Crippen molar-refractivity contribution in [2.75, 3.05) is 45.9 Å². The monoisotopic (exact) mass is 381 g/mol. The molecule has 1 aliphatic rings. The molecule has 5 nitrogen and oxygen atoms in total. The van der Waals surface area contributed by atoms with E-state index in [0.29, 0.717) is 26.3 Å². The van der Waals surface area contributed by atoms with Gasteiger partial charge in [0, 0.05) is 45.9 Å². The SMILES string of the molecule is O=C(CN1CCN(Cc2ccccc2)CC1)NCCCOCc1ccccc1. The predicted octanol–water partition coefficient (Wildman–Crippen LogP) is 2.53. The van der Waals surface area contributed by atoms with Crippen molar-refractivity contribution in [1.82, 2.24) is 15.1 Å². The smallest absolute Gasteiger partial charge is 0.234 e. The number of benzene rings is 2. The van der Waals surface area contributed by atoms with Gasteiger partial charge in [-0.25, -0.2) is 0 Å². The maximum absolute atomic E-state index is 12.1. The molecule has 1 heterocycles. The van der Waals surface area contributed by atoms with E-state index in [2.05, 4.69) is 57.6 Å². The van der Waals surface area contributed by atoms with Crippen LogP contribution in [0, 0.1) is 0 Å². The van der Waals surface area contributed by atoms with Crippen molar-refractivity contribution in [2.45, 2.75) is 19.6 Å². The highest BCUT2D eigenvalue weighted by atomic mass is 16.5. The van der Waals surface area contributed by atoms with Gasteiger partial charge in [-0.1, -0.05) is 60.7 Å². The van der Waals surface area contributed by atoms with Crippen molar-refractivity contribution in [1.29, 1.82) is 0 Å². The Labute approximate surface area is 168 Å². The van der Waals surface area contributed by atoms with Gasteiger partial charge in [0.25, 0.3) is 0 Å². The molecule has 0 spiro atoms. The fourth-order valence-corrected chi connectivity index (χ4v) is 3.37. The van der Waals surface area contributed by atoms with Crippen LogP contribution in [0.4, 0.5) is 0 Å². The molecule has 0 aliphatic carbocycles. The molecular weight excluding hydrogens is 350 g/mol. The van der Waals surface area contributed by atoms with Gasteiger partial charge in [0.2, 0.25) is 5.91 Å². The number of hydrogen-bond acceptors (Lipinski definition) is 4. The van der Waals surface area contributed by atoms with Crippen LogP contribution in [0.15, 0.2) is 60.7 Å². The highest BCUT2D eigenvalue weighted by molar-refractivity contribution is 5.77. The van der Waals surface area contributed by atoms with Crippen LogP contribution in [0.5, 0.6) is 0 Å². The lowest BCUT2D eigenvalue weighted by Gasteiger charge is -2.34. The number of nitrogens with zero attached hydrogens (tertiary/aromatic N) is 2. The zero-order valence-electron chi connectivity index (χ0n) is 16.6. The second-order valence-electron chi connectivity index (χ2n) is 7.28. The summed E-state index contributed by atoms with van der Waals surface area (Å²) in [5, 5.41) is 3.01. The average Bonchev–Trinajstić information content (AvgIpc) is 2.73. The summed E-state index contributed by atoms with van der Waals surface area (Å²) < 4.78 is 5.64. The van der Waals surface area contributed by atoms with E-state index in [4.69, 9.17) is 4.74 Å². The molecule has 28 heavy (non-hydrogen) atoms. The number of carbonyl (C=O) groups is 1. The first-order valence-electron chi connectivity index (χ1n) is 10.2. The first-order valence-corrected chi connectivity index (χ1v) is 10.2. The van der Waals surface area contributed by atoms with E-state index in [1.807, 2.05) is 18.2 Å². The molecule has 0 saturated carbocycles. The lowest BCUT2D eigenvalue weighted by molar-refractivity contribution is -0.122. The Hall–Kier alpha value is -2.21. The minimum atomic E-state index is 0.111. The molecule has 0 radical (unpaired) electrons. The van der Waals surface area contributed by atoms with Crippen LogP contribution in [-0.2, 0) is 22.7 Å². The van der Waals surface area contributed by atoms with Gasteiger partial charge >= 0.3 is 0 Å². The number of hydrogen-bond donors (Lipinski definition) is 1. The maximum Gasteiger partial charge on any atom is 0.234 e.